The van der Waals surface area contributed by atoms with E-state index in [1.165, 1.54) is 24.3 Å². The van der Waals surface area contributed by atoms with Crippen molar-refractivity contribution in [3.05, 3.63) is 35.6 Å². The molecule has 0 saturated carbocycles. The van der Waals surface area contributed by atoms with E-state index in [4.69, 9.17) is 4.74 Å². The Morgan fingerprint density at radius 2 is 2.18 bits per heavy atom. The average molecular weight is 325 g/mol. The monoisotopic (exact) mass is 325 g/mol. The first-order valence-corrected chi connectivity index (χ1v) is 8.06. The van der Waals surface area contributed by atoms with Gasteiger partial charge in [0.05, 0.1) is 6.10 Å². The van der Waals surface area contributed by atoms with Gasteiger partial charge < -0.3 is 9.84 Å². The third-order valence-corrected chi connectivity index (χ3v) is 4.25. The van der Waals surface area contributed by atoms with Crippen molar-refractivity contribution in [2.45, 2.75) is 31.1 Å². The molecule has 0 aliphatic carbocycles. The lowest BCUT2D eigenvalue weighted by Gasteiger charge is -2.16. The van der Waals surface area contributed by atoms with E-state index >= 15 is 0 Å². The maximum atomic E-state index is 12.8. The van der Waals surface area contributed by atoms with Gasteiger partial charge in [-0.05, 0) is 30.5 Å². The fourth-order valence-electron chi connectivity index (χ4n) is 2.23. The number of benzene rings is 1. The highest BCUT2D eigenvalue weighted by atomic mass is 31.1. The zero-order chi connectivity index (χ0) is 16.1. The van der Waals surface area contributed by atoms with Gasteiger partial charge >= 0.3 is 6.09 Å². The van der Waals surface area contributed by atoms with Gasteiger partial charge in [-0.25, -0.2) is 14.1 Å². The summed E-state index contributed by atoms with van der Waals surface area (Å²) in [5, 5.41) is 9.99. The summed E-state index contributed by atoms with van der Waals surface area (Å²) in [4.78, 5) is 24.6. The third kappa shape index (κ3) is 3.90. The number of aliphatic hydroxyl groups is 1. The molecule has 5 nitrogen and oxygen atoms in total. The molecule has 118 valence electrons. The second-order valence-electron chi connectivity index (χ2n) is 4.96. The van der Waals surface area contributed by atoms with Crippen LogP contribution in [0.4, 0.5) is 9.18 Å². The van der Waals surface area contributed by atoms with Gasteiger partial charge in [-0.2, -0.15) is 0 Å². The van der Waals surface area contributed by atoms with E-state index in [-0.39, 0.29) is 30.5 Å². The Morgan fingerprint density at radius 1 is 1.50 bits per heavy atom. The molecule has 1 aromatic carbocycles. The van der Waals surface area contributed by atoms with Crippen molar-refractivity contribution in [1.29, 1.82) is 0 Å². The number of aliphatic hydroxyl groups excluding tert-OH is 1. The third-order valence-electron chi connectivity index (χ3n) is 3.45. The lowest BCUT2D eigenvalue weighted by molar-refractivity contribution is -0.128. The molecule has 2 rings (SSSR count). The Labute approximate surface area is 129 Å². The van der Waals surface area contributed by atoms with Crippen LogP contribution in [0.2, 0.25) is 0 Å². The Bertz CT molecular complexity index is 563. The van der Waals surface area contributed by atoms with Gasteiger partial charge in [0.1, 0.15) is 18.2 Å². The van der Waals surface area contributed by atoms with Crippen molar-refractivity contribution < 1.29 is 23.8 Å². The predicted octanol–water partition coefficient (Wildman–Crippen LogP) is 2.71. The smallest absolute Gasteiger partial charge is 0.417 e. The molecule has 0 bridgehead atoms. The van der Waals surface area contributed by atoms with Crippen LogP contribution in [0.3, 0.4) is 0 Å². The molecule has 2 atom stereocenters. The van der Waals surface area contributed by atoms with Crippen LogP contribution in [0.25, 0.3) is 0 Å². The number of halogens is 1. The van der Waals surface area contributed by atoms with Crippen LogP contribution in [-0.4, -0.2) is 40.7 Å². The van der Waals surface area contributed by atoms with Gasteiger partial charge in [-0.3, -0.25) is 4.79 Å². The Morgan fingerprint density at radius 3 is 2.82 bits per heavy atom. The van der Waals surface area contributed by atoms with Crippen LogP contribution in [0.15, 0.2) is 24.3 Å². The maximum Gasteiger partial charge on any atom is 0.417 e. The Balaban J connectivity index is 1.82. The molecule has 1 N–H and O–H groups in total. The van der Waals surface area contributed by atoms with Crippen molar-refractivity contribution in [3.63, 3.8) is 0 Å². The molecule has 2 unspecified atom stereocenters. The summed E-state index contributed by atoms with van der Waals surface area (Å²) in [6.07, 6.45) is 3.18. The van der Waals surface area contributed by atoms with Crippen molar-refractivity contribution >= 4 is 26.5 Å². The minimum absolute atomic E-state index is 0.138. The minimum atomic E-state index is -0.763. The molecule has 2 amide bonds. The van der Waals surface area contributed by atoms with E-state index in [0.717, 1.165) is 4.90 Å². The fraction of sp³-hybridized carbons (Fsp3) is 0.400. The van der Waals surface area contributed by atoms with Gasteiger partial charge in [-0.1, -0.05) is 26.6 Å². The molecule has 1 aromatic rings. The largest absolute Gasteiger partial charge is 0.446 e. The van der Waals surface area contributed by atoms with Crippen molar-refractivity contribution in [2.75, 3.05) is 6.61 Å². The first kappa shape index (κ1) is 16.6. The van der Waals surface area contributed by atoms with Crippen LogP contribution in [0.5, 0.6) is 0 Å². The molecular weight excluding hydrogens is 308 g/mol. The van der Waals surface area contributed by atoms with Gasteiger partial charge in [-0.15, -0.1) is 0 Å². The number of nitrogens with zero attached hydrogens (tertiary/aromatic N) is 1. The number of rotatable bonds is 6. The van der Waals surface area contributed by atoms with Crippen LogP contribution in [0.1, 0.15) is 30.9 Å². The highest BCUT2D eigenvalue weighted by Crippen LogP contribution is 2.24. The summed E-state index contributed by atoms with van der Waals surface area (Å²) >= 11 is 0. The number of cyclic esters (lactones) is 1. The maximum absolute atomic E-state index is 12.8. The lowest BCUT2D eigenvalue weighted by Crippen LogP contribution is -2.35. The van der Waals surface area contributed by atoms with Gasteiger partial charge in [0.2, 0.25) is 5.91 Å². The molecule has 1 aliphatic rings. The van der Waals surface area contributed by atoms with E-state index in [2.05, 4.69) is 6.30 Å². The zero-order valence-electron chi connectivity index (χ0n) is 11.9. The molecule has 7 heteroatoms. The highest BCUT2D eigenvalue weighted by Gasteiger charge is 2.36. The summed E-state index contributed by atoms with van der Waals surface area (Å²) in [6, 6.07) is 5.58. The molecule has 1 aliphatic heterocycles. The minimum Gasteiger partial charge on any atom is -0.446 e. The summed E-state index contributed by atoms with van der Waals surface area (Å²) in [6.45, 7) is 0.174. The van der Waals surface area contributed by atoms with Crippen molar-refractivity contribution in [3.8, 4) is 0 Å². The molecule has 0 radical (unpaired) electrons. The van der Waals surface area contributed by atoms with Crippen LogP contribution >= 0.6 is 8.20 Å². The van der Waals surface area contributed by atoms with Crippen LogP contribution in [0, 0.1) is 5.82 Å². The average Bonchev–Trinajstić information content (AvgIpc) is 2.88. The van der Waals surface area contributed by atoms with Gasteiger partial charge in [0.15, 0.2) is 0 Å². The highest BCUT2D eigenvalue weighted by molar-refractivity contribution is 7.37. The van der Waals surface area contributed by atoms with E-state index in [1.807, 2.05) is 0 Å². The summed E-state index contributed by atoms with van der Waals surface area (Å²) < 4.78 is 17.6. The number of carbonyl (C=O) groups excluding carboxylic acids is 2. The molecule has 1 saturated heterocycles. The standard InChI is InChI=1S/C15H17FNO4P/c1-22-14-9-21-15(20)17(14)13(19)4-2-3-12(18)10-5-7-11(16)8-6-10/h5-8,12,14,18H,1-4,9H2. The number of amides is 2. The van der Waals surface area contributed by atoms with E-state index in [1.54, 1.807) is 0 Å². The predicted molar refractivity (Wildman–Crippen MR) is 81.2 cm³/mol. The van der Waals surface area contributed by atoms with E-state index in [0.29, 0.717) is 26.6 Å². The number of imide groups is 1. The number of carbonyl (C=O) groups is 2. The fourth-order valence-corrected chi connectivity index (χ4v) is 2.80. The second-order valence-corrected chi connectivity index (χ2v) is 5.92. The molecular formula is C15H17FNO4P. The normalized spacial score (nSPS) is 19.3. The molecule has 1 fully saturated rings. The SMILES string of the molecule is C=PC1COC(=O)N1C(=O)CCCC(O)c1ccc(F)cc1. The van der Waals surface area contributed by atoms with E-state index in [9.17, 15) is 19.1 Å². The summed E-state index contributed by atoms with van der Waals surface area (Å²) in [7, 11) is 0.653. The first-order valence-electron chi connectivity index (χ1n) is 6.91. The zero-order valence-corrected chi connectivity index (χ0v) is 12.8. The van der Waals surface area contributed by atoms with Gasteiger partial charge in [0, 0.05) is 6.42 Å². The quantitative estimate of drug-likeness (QED) is 0.817. The van der Waals surface area contributed by atoms with Crippen molar-refractivity contribution in [2.24, 2.45) is 0 Å². The van der Waals surface area contributed by atoms with E-state index < -0.39 is 12.2 Å². The Kier molecular flexibility index (Phi) is 5.63. The Hall–Kier alpha value is -1.78. The number of ether oxygens (including phenoxy) is 1. The number of hydrogen-bond acceptors (Lipinski definition) is 4. The van der Waals surface area contributed by atoms with Crippen LogP contribution in [-0.2, 0) is 9.53 Å². The first-order chi connectivity index (χ1) is 10.5. The number of hydrogen-bond donors (Lipinski definition) is 1. The van der Waals surface area contributed by atoms with Gasteiger partial charge in [0.25, 0.3) is 0 Å². The topological polar surface area (TPSA) is 66.8 Å². The molecule has 1 heterocycles. The molecule has 0 spiro atoms. The second kappa shape index (κ2) is 7.47. The molecule has 22 heavy (non-hydrogen) atoms. The summed E-state index contributed by atoms with van der Waals surface area (Å²) in [5.74, 6) is -1.02. The summed E-state index contributed by atoms with van der Waals surface area (Å²) in [5.41, 5.74) is 0.601. The lowest BCUT2D eigenvalue weighted by atomic mass is 10.0. The van der Waals surface area contributed by atoms with Crippen LogP contribution < -0.4 is 0 Å². The molecule has 0 aromatic heterocycles. The van der Waals surface area contributed by atoms with Crippen molar-refractivity contribution in [1.82, 2.24) is 4.90 Å².